The van der Waals surface area contributed by atoms with Crippen LogP contribution in [-0.4, -0.2) is 17.9 Å². The molecule has 3 rings (SSSR count). The van der Waals surface area contributed by atoms with Gasteiger partial charge in [0.1, 0.15) is 5.75 Å². The van der Waals surface area contributed by atoms with E-state index in [0.717, 1.165) is 17.0 Å². The average molecular weight is 349 g/mol. The highest BCUT2D eigenvalue weighted by molar-refractivity contribution is 6.34. The molecule has 0 aliphatic carbocycles. The van der Waals surface area contributed by atoms with E-state index in [0.29, 0.717) is 0 Å². The number of fused-ring (bicyclic) bond motifs is 1. The summed E-state index contributed by atoms with van der Waals surface area (Å²) < 4.78 is 45.3. The van der Waals surface area contributed by atoms with Gasteiger partial charge in [0.05, 0.1) is 28.5 Å². The van der Waals surface area contributed by atoms with E-state index in [9.17, 15) is 22.8 Å². The highest BCUT2D eigenvalue weighted by Crippen LogP contribution is 2.40. The molecule has 2 aromatic rings. The van der Waals surface area contributed by atoms with Gasteiger partial charge in [0.2, 0.25) is 0 Å². The summed E-state index contributed by atoms with van der Waals surface area (Å²) in [5, 5.41) is 0. The van der Waals surface area contributed by atoms with Crippen molar-refractivity contribution in [2.24, 2.45) is 0 Å². The molecule has 4 nitrogen and oxygen atoms in total. The maximum atomic E-state index is 13.4. The fourth-order valence-corrected chi connectivity index (χ4v) is 2.66. The third kappa shape index (κ3) is 2.97. The van der Waals surface area contributed by atoms with Crippen LogP contribution in [0, 0.1) is 0 Å². The normalized spacial score (nSPS) is 14.2. The molecule has 2 aromatic carbocycles. The van der Waals surface area contributed by atoms with Gasteiger partial charge in [0, 0.05) is 0 Å². The number of carbonyl (C=O) groups excluding carboxylic acids is 2. The number of rotatable bonds is 3. The van der Waals surface area contributed by atoms with Crippen molar-refractivity contribution in [3.63, 3.8) is 0 Å². The van der Waals surface area contributed by atoms with Crippen molar-refractivity contribution >= 4 is 17.5 Å². The Bertz CT molecular complexity index is 824. The van der Waals surface area contributed by atoms with Crippen LogP contribution >= 0.6 is 0 Å². The molecule has 1 aliphatic rings. The largest absolute Gasteiger partial charge is 0.490 e. The van der Waals surface area contributed by atoms with Gasteiger partial charge in [-0.2, -0.15) is 13.2 Å². The fourth-order valence-electron chi connectivity index (χ4n) is 2.66. The Labute approximate surface area is 141 Å². The standard InChI is InChI=1S/C18H14F3NO3/c1-10(2)25-15-8-7-11(9-14(15)18(19,20)21)22-16(23)12-5-3-4-6-13(12)17(22)24/h3-10H,1-2H3. The second-order valence-corrected chi connectivity index (χ2v) is 5.84. The van der Waals surface area contributed by atoms with Gasteiger partial charge in [0.15, 0.2) is 0 Å². The molecule has 130 valence electrons. The number of nitrogens with zero attached hydrogens (tertiary/aromatic N) is 1. The number of hydrogen-bond acceptors (Lipinski definition) is 3. The summed E-state index contributed by atoms with van der Waals surface area (Å²) in [6.07, 6.45) is -5.13. The van der Waals surface area contributed by atoms with Crippen LogP contribution in [0.3, 0.4) is 0 Å². The number of alkyl halides is 3. The zero-order valence-corrected chi connectivity index (χ0v) is 13.4. The lowest BCUT2D eigenvalue weighted by Gasteiger charge is -2.20. The van der Waals surface area contributed by atoms with Crippen molar-refractivity contribution in [3.05, 3.63) is 59.2 Å². The molecule has 1 aliphatic heterocycles. The first kappa shape index (κ1) is 17.0. The molecule has 0 radical (unpaired) electrons. The highest BCUT2D eigenvalue weighted by Gasteiger charge is 2.39. The highest BCUT2D eigenvalue weighted by atomic mass is 19.4. The molecule has 1 heterocycles. The van der Waals surface area contributed by atoms with Crippen molar-refractivity contribution in [1.29, 1.82) is 0 Å². The molecule has 7 heteroatoms. The summed E-state index contributed by atoms with van der Waals surface area (Å²) in [6.45, 7) is 3.22. The minimum absolute atomic E-state index is 0.144. The predicted octanol–water partition coefficient (Wildman–Crippen LogP) is 4.29. The molecular formula is C18H14F3NO3. The van der Waals surface area contributed by atoms with Crippen LogP contribution in [0.2, 0.25) is 0 Å². The van der Waals surface area contributed by atoms with E-state index in [-0.39, 0.29) is 22.6 Å². The molecule has 0 atom stereocenters. The Morgan fingerprint density at radius 2 is 1.52 bits per heavy atom. The van der Waals surface area contributed by atoms with Gasteiger partial charge in [-0.25, -0.2) is 4.90 Å². The monoisotopic (exact) mass is 349 g/mol. The number of imide groups is 1. The second-order valence-electron chi connectivity index (χ2n) is 5.84. The van der Waals surface area contributed by atoms with Crippen LogP contribution in [0.15, 0.2) is 42.5 Å². The van der Waals surface area contributed by atoms with E-state index >= 15 is 0 Å². The summed E-state index contributed by atoms with van der Waals surface area (Å²) in [6, 6.07) is 9.28. The van der Waals surface area contributed by atoms with Crippen LogP contribution in [0.1, 0.15) is 40.1 Å². The van der Waals surface area contributed by atoms with E-state index in [1.54, 1.807) is 26.0 Å². The zero-order chi connectivity index (χ0) is 18.4. The van der Waals surface area contributed by atoms with Gasteiger partial charge in [-0.15, -0.1) is 0 Å². The SMILES string of the molecule is CC(C)Oc1ccc(N2C(=O)c3ccccc3C2=O)cc1C(F)(F)F. The first-order valence-electron chi connectivity index (χ1n) is 7.56. The zero-order valence-electron chi connectivity index (χ0n) is 13.4. The topological polar surface area (TPSA) is 46.6 Å². The summed E-state index contributed by atoms with van der Waals surface area (Å²) in [5.74, 6) is -1.64. The molecular weight excluding hydrogens is 335 g/mol. The van der Waals surface area contributed by atoms with Crippen LogP contribution < -0.4 is 9.64 Å². The molecule has 0 aromatic heterocycles. The Morgan fingerprint density at radius 3 is 2.00 bits per heavy atom. The van der Waals surface area contributed by atoms with Gasteiger partial charge in [-0.1, -0.05) is 12.1 Å². The lowest BCUT2D eigenvalue weighted by molar-refractivity contribution is -0.139. The number of carbonyl (C=O) groups is 2. The van der Waals surface area contributed by atoms with Crippen LogP contribution in [0.25, 0.3) is 0 Å². The first-order chi connectivity index (χ1) is 11.7. The van der Waals surface area contributed by atoms with Gasteiger partial charge < -0.3 is 4.74 Å². The summed E-state index contributed by atoms with van der Waals surface area (Å²) in [5.41, 5.74) is -0.836. The fraction of sp³-hybridized carbons (Fsp3) is 0.222. The van der Waals surface area contributed by atoms with Crippen LogP contribution in [0.5, 0.6) is 5.75 Å². The van der Waals surface area contributed by atoms with Gasteiger partial charge >= 0.3 is 6.18 Å². The van der Waals surface area contributed by atoms with Crippen molar-refractivity contribution in [2.45, 2.75) is 26.1 Å². The molecule has 0 N–H and O–H groups in total. The van der Waals surface area contributed by atoms with Gasteiger partial charge in [0.25, 0.3) is 11.8 Å². The maximum Gasteiger partial charge on any atom is 0.420 e. The summed E-state index contributed by atoms with van der Waals surface area (Å²) in [4.78, 5) is 25.6. The second kappa shape index (κ2) is 5.91. The van der Waals surface area contributed by atoms with Crippen molar-refractivity contribution < 1.29 is 27.5 Å². The van der Waals surface area contributed by atoms with Gasteiger partial charge in [-0.05, 0) is 44.2 Å². The van der Waals surface area contributed by atoms with E-state index in [1.807, 2.05) is 0 Å². The van der Waals surface area contributed by atoms with Crippen molar-refractivity contribution in [3.8, 4) is 5.75 Å². The molecule has 0 spiro atoms. The number of amides is 2. The molecule has 0 unspecified atom stereocenters. The molecule has 0 bridgehead atoms. The maximum absolute atomic E-state index is 13.4. The van der Waals surface area contributed by atoms with E-state index in [4.69, 9.17) is 4.74 Å². The molecule has 0 saturated carbocycles. The summed E-state index contributed by atoms with van der Waals surface area (Å²) in [7, 11) is 0. The van der Waals surface area contributed by atoms with Crippen LogP contribution in [0.4, 0.5) is 18.9 Å². The van der Waals surface area contributed by atoms with Gasteiger partial charge in [-0.3, -0.25) is 9.59 Å². The quantitative estimate of drug-likeness (QED) is 0.777. The number of halogens is 3. The third-order valence-electron chi connectivity index (χ3n) is 3.68. The number of ether oxygens (including phenoxy) is 1. The minimum Gasteiger partial charge on any atom is -0.490 e. The average Bonchev–Trinajstić information content (AvgIpc) is 2.78. The van der Waals surface area contributed by atoms with E-state index in [1.165, 1.54) is 18.2 Å². The molecule has 0 saturated heterocycles. The van der Waals surface area contributed by atoms with Crippen molar-refractivity contribution in [1.82, 2.24) is 0 Å². The van der Waals surface area contributed by atoms with Crippen molar-refractivity contribution in [2.75, 3.05) is 4.90 Å². The number of anilines is 1. The predicted molar refractivity (Wildman–Crippen MR) is 84.8 cm³/mol. The van der Waals surface area contributed by atoms with E-state index < -0.39 is 29.7 Å². The minimum atomic E-state index is -4.68. The van der Waals surface area contributed by atoms with Crippen LogP contribution in [-0.2, 0) is 6.18 Å². The smallest absolute Gasteiger partial charge is 0.420 e. The Hall–Kier alpha value is -2.83. The Morgan fingerprint density at radius 1 is 0.960 bits per heavy atom. The lowest BCUT2D eigenvalue weighted by atomic mass is 10.1. The number of benzene rings is 2. The number of hydrogen-bond donors (Lipinski definition) is 0. The Balaban J connectivity index is 2.07. The van der Waals surface area contributed by atoms with E-state index in [2.05, 4.69) is 0 Å². The first-order valence-corrected chi connectivity index (χ1v) is 7.56. The third-order valence-corrected chi connectivity index (χ3v) is 3.68. The molecule has 25 heavy (non-hydrogen) atoms. The lowest BCUT2D eigenvalue weighted by Crippen LogP contribution is -2.29. The summed E-state index contributed by atoms with van der Waals surface area (Å²) >= 11 is 0. The molecule has 0 fully saturated rings. The molecule has 2 amide bonds. The Kier molecular flexibility index (Phi) is 4.02.